The Hall–Kier alpha value is -0.620. The summed E-state index contributed by atoms with van der Waals surface area (Å²) in [6.45, 7) is 8.30. The van der Waals surface area contributed by atoms with Crippen LogP contribution in [-0.2, 0) is 14.8 Å². The van der Waals surface area contributed by atoms with Crippen LogP contribution in [0.15, 0.2) is 0 Å². The van der Waals surface area contributed by atoms with Gasteiger partial charge in [-0.15, -0.1) is 0 Å². The first-order chi connectivity index (χ1) is 7.56. The fourth-order valence-electron chi connectivity index (χ4n) is 1.40. The molecule has 0 aliphatic carbocycles. The summed E-state index contributed by atoms with van der Waals surface area (Å²) < 4.78 is 24.2. The van der Waals surface area contributed by atoms with Gasteiger partial charge in [0, 0.05) is 25.0 Å². The second-order valence-electron chi connectivity index (χ2n) is 5.21. The van der Waals surface area contributed by atoms with Crippen LogP contribution in [0.1, 0.15) is 40.5 Å². The van der Waals surface area contributed by atoms with Crippen LogP contribution in [0.2, 0.25) is 0 Å². The lowest BCUT2D eigenvalue weighted by atomic mass is 10.1. The van der Waals surface area contributed by atoms with Crippen molar-refractivity contribution >= 4 is 15.9 Å². The van der Waals surface area contributed by atoms with Crippen LogP contribution in [-0.4, -0.2) is 43.5 Å². The Morgan fingerprint density at radius 3 is 2.12 bits per heavy atom. The topological polar surface area (TPSA) is 66.5 Å². The Bertz CT molecular complexity index is 344. The zero-order valence-electron chi connectivity index (χ0n) is 11.4. The Balaban J connectivity index is 4.28. The summed E-state index contributed by atoms with van der Waals surface area (Å²) in [5.74, 6) is -0.123. The monoisotopic (exact) mass is 264 g/mol. The van der Waals surface area contributed by atoms with Crippen LogP contribution in [0.5, 0.6) is 0 Å². The van der Waals surface area contributed by atoms with Crippen LogP contribution in [0.3, 0.4) is 0 Å². The van der Waals surface area contributed by atoms with E-state index in [1.165, 1.54) is 10.6 Å². The molecule has 0 aliphatic rings. The lowest BCUT2D eigenvalue weighted by Crippen LogP contribution is -2.42. The van der Waals surface area contributed by atoms with Gasteiger partial charge in [0.25, 0.3) is 0 Å². The van der Waals surface area contributed by atoms with E-state index in [-0.39, 0.29) is 24.4 Å². The summed E-state index contributed by atoms with van der Waals surface area (Å²) in [6, 6.07) is 0. The predicted molar refractivity (Wildman–Crippen MR) is 69.2 cm³/mol. The smallest absolute Gasteiger partial charge is 0.221 e. The number of rotatable bonds is 6. The zero-order chi connectivity index (χ0) is 13.7. The average Bonchev–Trinajstić information content (AvgIpc) is 2.07. The van der Waals surface area contributed by atoms with Crippen LogP contribution in [0.25, 0.3) is 0 Å². The third-order valence-corrected chi connectivity index (χ3v) is 3.35. The summed E-state index contributed by atoms with van der Waals surface area (Å²) in [5.41, 5.74) is -0.280. The van der Waals surface area contributed by atoms with Crippen molar-refractivity contribution in [3.63, 3.8) is 0 Å². The molecule has 17 heavy (non-hydrogen) atoms. The molecular weight excluding hydrogens is 240 g/mol. The second kappa shape index (κ2) is 6.35. The molecule has 0 aromatic carbocycles. The third kappa shape index (κ3) is 8.15. The van der Waals surface area contributed by atoms with E-state index >= 15 is 0 Å². The predicted octanol–water partition coefficient (Wildman–Crippen LogP) is 0.963. The van der Waals surface area contributed by atoms with Gasteiger partial charge in [-0.1, -0.05) is 6.92 Å². The molecule has 0 aromatic rings. The Labute approximate surface area is 105 Å². The molecule has 0 saturated carbocycles. The van der Waals surface area contributed by atoms with Gasteiger partial charge >= 0.3 is 0 Å². The lowest BCUT2D eigenvalue weighted by molar-refractivity contribution is -0.122. The molecule has 0 heterocycles. The van der Waals surface area contributed by atoms with Gasteiger partial charge in [0.2, 0.25) is 15.9 Å². The van der Waals surface area contributed by atoms with Crippen LogP contribution >= 0.6 is 0 Å². The fraction of sp³-hybridized carbons (Fsp3) is 0.909. The highest BCUT2D eigenvalue weighted by atomic mass is 32.2. The highest BCUT2D eigenvalue weighted by molar-refractivity contribution is 7.88. The number of amides is 1. The molecule has 0 rings (SSSR count). The summed E-state index contributed by atoms with van der Waals surface area (Å²) in [5, 5.41) is 2.81. The molecule has 6 heteroatoms. The molecule has 1 N–H and O–H groups in total. The largest absolute Gasteiger partial charge is 0.351 e. The van der Waals surface area contributed by atoms with E-state index in [2.05, 4.69) is 5.32 Å². The highest BCUT2D eigenvalue weighted by Crippen LogP contribution is 2.03. The van der Waals surface area contributed by atoms with Crippen LogP contribution < -0.4 is 5.32 Å². The van der Waals surface area contributed by atoms with E-state index < -0.39 is 10.0 Å². The molecule has 0 bridgehead atoms. The highest BCUT2D eigenvalue weighted by Gasteiger charge is 2.18. The van der Waals surface area contributed by atoms with Crippen LogP contribution in [0.4, 0.5) is 0 Å². The van der Waals surface area contributed by atoms with E-state index in [1.54, 1.807) is 0 Å². The standard InChI is InChI=1S/C11H24N2O3S/c1-6-8-13(17(5,15)16)9-7-10(14)12-11(2,3)4/h6-9H2,1-5H3,(H,12,14). The zero-order valence-corrected chi connectivity index (χ0v) is 12.2. The fourth-order valence-corrected chi connectivity index (χ4v) is 2.34. The maximum Gasteiger partial charge on any atom is 0.221 e. The number of nitrogens with one attached hydrogen (secondary N) is 1. The number of carbonyl (C=O) groups excluding carboxylic acids is 1. The first-order valence-corrected chi connectivity index (χ1v) is 7.67. The molecule has 102 valence electrons. The lowest BCUT2D eigenvalue weighted by Gasteiger charge is -2.22. The Morgan fingerprint density at radius 2 is 1.76 bits per heavy atom. The third-order valence-electron chi connectivity index (χ3n) is 2.04. The second-order valence-corrected chi connectivity index (χ2v) is 7.19. The molecular formula is C11H24N2O3S. The SMILES string of the molecule is CCCN(CCC(=O)NC(C)(C)C)S(C)(=O)=O. The van der Waals surface area contributed by atoms with Crippen molar-refractivity contribution in [2.24, 2.45) is 0 Å². The van der Waals surface area contributed by atoms with Crippen molar-refractivity contribution in [3.8, 4) is 0 Å². The maximum absolute atomic E-state index is 11.6. The van der Waals surface area contributed by atoms with Gasteiger partial charge in [-0.3, -0.25) is 4.79 Å². The minimum atomic E-state index is -3.21. The summed E-state index contributed by atoms with van der Waals surface area (Å²) in [6.07, 6.45) is 2.11. The van der Waals surface area contributed by atoms with Gasteiger partial charge < -0.3 is 5.32 Å². The first-order valence-electron chi connectivity index (χ1n) is 5.82. The van der Waals surface area contributed by atoms with Gasteiger partial charge in [0.15, 0.2) is 0 Å². The van der Waals surface area contributed by atoms with Crippen molar-refractivity contribution < 1.29 is 13.2 Å². The van der Waals surface area contributed by atoms with Crippen molar-refractivity contribution in [3.05, 3.63) is 0 Å². The molecule has 0 unspecified atom stereocenters. The van der Waals surface area contributed by atoms with Crippen molar-refractivity contribution in [2.45, 2.75) is 46.1 Å². The van der Waals surface area contributed by atoms with E-state index in [4.69, 9.17) is 0 Å². The van der Waals surface area contributed by atoms with Crippen molar-refractivity contribution in [1.29, 1.82) is 0 Å². The van der Waals surface area contributed by atoms with Crippen LogP contribution in [0, 0.1) is 0 Å². The number of sulfonamides is 1. The summed E-state index contributed by atoms with van der Waals surface area (Å²) >= 11 is 0. The summed E-state index contributed by atoms with van der Waals surface area (Å²) in [7, 11) is -3.21. The Kier molecular flexibility index (Phi) is 6.12. The molecule has 0 fully saturated rings. The van der Waals surface area contributed by atoms with Gasteiger partial charge in [-0.05, 0) is 27.2 Å². The van der Waals surface area contributed by atoms with Crippen molar-refractivity contribution in [2.75, 3.05) is 19.3 Å². The minimum Gasteiger partial charge on any atom is -0.351 e. The number of nitrogens with zero attached hydrogens (tertiary/aromatic N) is 1. The molecule has 1 amide bonds. The Morgan fingerprint density at radius 1 is 1.24 bits per heavy atom. The molecule has 0 atom stereocenters. The number of hydrogen-bond acceptors (Lipinski definition) is 3. The number of carbonyl (C=O) groups is 1. The van der Waals surface area contributed by atoms with E-state index in [9.17, 15) is 13.2 Å². The molecule has 0 saturated heterocycles. The number of hydrogen-bond donors (Lipinski definition) is 1. The van der Waals surface area contributed by atoms with Gasteiger partial charge in [-0.2, -0.15) is 0 Å². The maximum atomic E-state index is 11.6. The normalized spacial score (nSPS) is 12.8. The minimum absolute atomic E-state index is 0.123. The molecule has 0 aromatic heterocycles. The summed E-state index contributed by atoms with van der Waals surface area (Å²) in [4.78, 5) is 11.6. The molecule has 5 nitrogen and oxygen atoms in total. The molecule has 0 aliphatic heterocycles. The average molecular weight is 264 g/mol. The van der Waals surface area contributed by atoms with E-state index in [1.807, 2.05) is 27.7 Å². The van der Waals surface area contributed by atoms with Gasteiger partial charge in [0.05, 0.1) is 6.26 Å². The van der Waals surface area contributed by atoms with E-state index in [0.717, 1.165) is 6.42 Å². The van der Waals surface area contributed by atoms with E-state index in [0.29, 0.717) is 6.54 Å². The van der Waals surface area contributed by atoms with Gasteiger partial charge in [0.1, 0.15) is 0 Å². The molecule has 0 spiro atoms. The van der Waals surface area contributed by atoms with Crippen molar-refractivity contribution in [1.82, 2.24) is 9.62 Å². The first kappa shape index (κ1) is 16.4. The van der Waals surface area contributed by atoms with Gasteiger partial charge in [-0.25, -0.2) is 12.7 Å². The molecule has 0 radical (unpaired) electrons. The quantitative estimate of drug-likeness (QED) is 0.777.